The van der Waals surface area contributed by atoms with Crippen LogP contribution in [-0.2, 0) is 11.3 Å². The number of thioether (sulfide) groups is 1. The number of hydrogen-bond donors (Lipinski definition) is 1. The van der Waals surface area contributed by atoms with Gasteiger partial charge in [0, 0.05) is 10.5 Å². The van der Waals surface area contributed by atoms with Gasteiger partial charge in [0.15, 0.2) is 0 Å². The molecule has 2 aromatic rings. The van der Waals surface area contributed by atoms with Gasteiger partial charge in [-0.3, -0.25) is 4.79 Å². The van der Waals surface area contributed by atoms with Gasteiger partial charge in [-0.15, -0.1) is 11.8 Å². The molecule has 0 spiro atoms. The lowest BCUT2D eigenvalue weighted by molar-refractivity contribution is -0.116. The number of benzene rings is 2. The minimum Gasteiger partial charge on any atom is -0.478 e. The maximum atomic E-state index is 13.8. The molecule has 1 aliphatic heterocycles. The lowest BCUT2D eigenvalue weighted by Crippen LogP contribution is -2.35. The molecule has 0 saturated carbocycles. The second kappa shape index (κ2) is 5.81. The molecule has 0 aliphatic carbocycles. The molecule has 0 saturated heterocycles. The van der Waals surface area contributed by atoms with Crippen LogP contribution in [0.1, 0.15) is 15.9 Å². The summed E-state index contributed by atoms with van der Waals surface area (Å²) in [7, 11) is 0. The third-order valence-corrected chi connectivity index (χ3v) is 4.48. The van der Waals surface area contributed by atoms with Crippen molar-refractivity contribution in [2.75, 3.05) is 10.7 Å². The number of carboxylic acid groups (broad SMARTS) is 1. The molecular formula is C16H12FNO3S. The van der Waals surface area contributed by atoms with Gasteiger partial charge >= 0.3 is 5.97 Å². The summed E-state index contributed by atoms with van der Waals surface area (Å²) in [6, 6.07) is 10.9. The van der Waals surface area contributed by atoms with E-state index in [-0.39, 0.29) is 29.6 Å². The van der Waals surface area contributed by atoms with Gasteiger partial charge in [-0.1, -0.05) is 18.2 Å². The number of nitrogens with zero attached hydrogens (tertiary/aromatic N) is 1. The largest absolute Gasteiger partial charge is 0.478 e. The summed E-state index contributed by atoms with van der Waals surface area (Å²) in [6.07, 6.45) is 0. The second-order valence-electron chi connectivity index (χ2n) is 4.85. The highest BCUT2D eigenvalue weighted by Gasteiger charge is 2.26. The predicted molar refractivity (Wildman–Crippen MR) is 81.7 cm³/mol. The third-order valence-electron chi connectivity index (χ3n) is 3.44. The zero-order chi connectivity index (χ0) is 15.7. The van der Waals surface area contributed by atoms with Crippen LogP contribution in [0.3, 0.4) is 0 Å². The van der Waals surface area contributed by atoms with Gasteiger partial charge in [-0.25, -0.2) is 9.18 Å². The van der Waals surface area contributed by atoms with Gasteiger partial charge in [0.1, 0.15) is 5.82 Å². The SMILES string of the molecule is O=C(O)c1ccc2c(c1)N(Cc1ccccc1F)C(=O)CS2. The molecule has 6 heteroatoms. The summed E-state index contributed by atoms with van der Waals surface area (Å²) < 4.78 is 13.8. The van der Waals surface area contributed by atoms with Crippen LogP contribution < -0.4 is 4.90 Å². The van der Waals surface area contributed by atoms with Gasteiger partial charge in [0.2, 0.25) is 5.91 Å². The van der Waals surface area contributed by atoms with E-state index in [0.29, 0.717) is 11.3 Å². The van der Waals surface area contributed by atoms with E-state index in [1.807, 2.05) is 0 Å². The van der Waals surface area contributed by atoms with Crippen LogP contribution in [0.5, 0.6) is 0 Å². The molecule has 3 rings (SSSR count). The number of amides is 1. The first-order valence-electron chi connectivity index (χ1n) is 6.60. The Morgan fingerprint density at radius 2 is 2.05 bits per heavy atom. The Hall–Kier alpha value is -2.34. The molecule has 1 aliphatic rings. The maximum absolute atomic E-state index is 13.8. The third kappa shape index (κ3) is 2.69. The molecule has 22 heavy (non-hydrogen) atoms. The van der Waals surface area contributed by atoms with E-state index < -0.39 is 5.97 Å². The van der Waals surface area contributed by atoms with Crippen LogP contribution in [0.15, 0.2) is 47.4 Å². The highest BCUT2D eigenvalue weighted by molar-refractivity contribution is 8.00. The average Bonchev–Trinajstić information content (AvgIpc) is 2.51. The first-order valence-corrected chi connectivity index (χ1v) is 7.59. The van der Waals surface area contributed by atoms with Crippen LogP contribution in [0.25, 0.3) is 0 Å². The van der Waals surface area contributed by atoms with E-state index in [1.54, 1.807) is 24.3 Å². The van der Waals surface area contributed by atoms with Crippen LogP contribution in [0, 0.1) is 5.82 Å². The number of carbonyl (C=O) groups is 2. The summed E-state index contributed by atoms with van der Waals surface area (Å²) in [6.45, 7) is 0.0855. The number of halogens is 1. The van der Waals surface area contributed by atoms with E-state index in [1.165, 1.54) is 34.9 Å². The molecular weight excluding hydrogens is 305 g/mol. The van der Waals surface area contributed by atoms with E-state index in [9.17, 15) is 14.0 Å². The van der Waals surface area contributed by atoms with Gasteiger partial charge in [0.25, 0.3) is 0 Å². The van der Waals surface area contributed by atoms with Crippen molar-refractivity contribution in [1.82, 2.24) is 0 Å². The Bertz CT molecular complexity index is 763. The summed E-state index contributed by atoms with van der Waals surface area (Å²) >= 11 is 1.36. The molecule has 112 valence electrons. The first kappa shape index (κ1) is 14.6. The Labute approximate surface area is 130 Å². The molecule has 1 amide bonds. The van der Waals surface area contributed by atoms with Crippen molar-refractivity contribution in [2.24, 2.45) is 0 Å². The first-order chi connectivity index (χ1) is 10.6. The molecule has 1 N–H and O–H groups in total. The fourth-order valence-electron chi connectivity index (χ4n) is 2.31. The molecule has 0 unspecified atom stereocenters. The molecule has 0 radical (unpaired) electrons. The standard InChI is InChI=1S/C16H12FNO3S/c17-12-4-2-1-3-11(12)8-18-13-7-10(16(20)21)5-6-14(13)22-9-15(18)19/h1-7H,8-9H2,(H,20,21). The number of anilines is 1. The van der Waals surface area contributed by atoms with Crippen molar-refractivity contribution < 1.29 is 19.1 Å². The molecule has 0 aromatic heterocycles. The van der Waals surface area contributed by atoms with Gasteiger partial charge < -0.3 is 10.0 Å². The Balaban J connectivity index is 2.01. The molecule has 1 heterocycles. The molecule has 0 fully saturated rings. The van der Waals surface area contributed by atoms with E-state index in [4.69, 9.17) is 5.11 Å². The smallest absolute Gasteiger partial charge is 0.335 e. The van der Waals surface area contributed by atoms with Gasteiger partial charge in [0.05, 0.1) is 23.5 Å². The number of hydrogen-bond acceptors (Lipinski definition) is 3. The number of carboxylic acids is 1. The quantitative estimate of drug-likeness (QED) is 0.945. The van der Waals surface area contributed by atoms with Crippen molar-refractivity contribution in [2.45, 2.75) is 11.4 Å². The zero-order valence-electron chi connectivity index (χ0n) is 11.5. The Kier molecular flexibility index (Phi) is 3.85. The van der Waals surface area contributed by atoms with E-state index in [0.717, 1.165) is 4.90 Å². The Morgan fingerprint density at radius 1 is 1.27 bits per heavy atom. The fraction of sp³-hybridized carbons (Fsp3) is 0.125. The monoisotopic (exact) mass is 317 g/mol. The lowest BCUT2D eigenvalue weighted by Gasteiger charge is -2.29. The number of carbonyl (C=O) groups excluding carboxylic acids is 1. The van der Waals surface area contributed by atoms with Crippen LogP contribution in [0.2, 0.25) is 0 Å². The van der Waals surface area contributed by atoms with Crippen molar-refractivity contribution in [3.8, 4) is 0 Å². The van der Waals surface area contributed by atoms with Crippen LogP contribution >= 0.6 is 11.8 Å². The van der Waals surface area contributed by atoms with Crippen molar-refractivity contribution in [3.63, 3.8) is 0 Å². The normalized spacial score (nSPS) is 13.9. The van der Waals surface area contributed by atoms with Crippen molar-refractivity contribution in [1.29, 1.82) is 0 Å². The van der Waals surface area contributed by atoms with Crippen molar-refractivity contribution >= 4 is 29.3 Å². The topological polar surface area (TPSA) is 57.6 Å². The number of rotatable bonds is 3. The molecule has 2 aromatic carbocycles. The summed E-state index contributed by atoms with van der Waals surface area (Å²) in [4.78, 5) is 25.6. The van der Waals surface area contributed by atoms with E-state index >= 15 is 0 Å². The summed E-state index contributed by atoms with van der Waals surface area (Å²) in [5.74, 6) is -1.35. The highest BCUT2D eigenvalue weighted by atomic mass is 32.2. The van der Waals surface area contributed by atoms with Gasteiger partial charge in [-0.05, 0) is 24.3 Å². The summed E-state index contributed by atoms with van der Waals surface area (Å²) in [5, 5.41) is 9.10. The summed E-state index contributed by atoms with van der Waals surface area (Å²) in [5.41, 5.74) is 1.02. The highest BCUT2D eigenvalue weighted by Crippen LogP contribution is 2.37. The predicted octanol–water partition coefficient (Wildman–Crippen LogP) is 3.16. The number of aromatic carboxylic acids is 1. The average molecular weight is 317 g/mol. The molecule has 0 bridgehead atoms. The minimum atomic E-state index is -1.06. The Morgan fingerprint density at radius 3 is 2.77 bits per heavy atom. The van der Waals surface area contributed by atoms with Crippen LogP contribution in [0.4, 0.5) is 10.1 Å². The maximum Gasteiger partial charge on any atom is 0.335 e. The minimum absolute atomic E-state index is 0.0855. The zero-order valence-corrected chi connectivity index (χ0v) is 12.3. The lowest BCUT2D eigenvalue weighted by atomic mass is 10.1. The number of fused-ring (bicyclic) bond motifs is 1. The van der Waals surface area contributed by atoms with Crippen LogP contribution in [-0.4, -0.2) is 22.7 Å². The van der Waals surface area contributed by atoms with Gasteiger partial charge in [-0.2, -0.15) is 0 Å². The molecule has 0 atom stereocenters. The van der Waals surface area contributed by atoms with Crippen molar-refractivity contribution in [3.05, 3.63) is 59.4 Å². The van der Waals surface area contributed by atoms with E-state index in [2.05, 4.69) is 0 Å². The molecule has 4 nitrogen and oxygen atoms in total. The second-order valence-corrected chi connectivity index (χ2v) is 5.86. The fourth-order valence-corrected chi connectivity index (χ4v) is 3.22.